The van der Waals surface area contributed by atoms with E-state index in [0.29, 0.717) is 5.82 Å². The number of benzene rings is 1. The van der Waals surface area contributed by atoms with Crippen LogP contribution in [0.3, 0.4) is 0 Å². The maximum absolute atomic E-state index is 11.7. The quantitative estimate of drug-likeness (QED) is 0.790. The first-order valence-corrected chi connectivity index (χ1v) is 7.14. The number of carbonyl (C=O) groups excluding carboxylic acids is 2. The van der Waals surface area contributed by atoms with Gasteiger partial charge in [0, 0.05) is 11.5 Å². The molecular formula is C14H16N6O2. The Labute approximate surface area is 126 Å². The van der Waals surface area contributed by atoms with E-state index in [0.717, 1.165) is 24.8 Å². The van der Waals surface area contributed by atoms with Crippen molar-refractivity contribution in [3.05, 3.63) is 30.3 Å². The number of carbonyl (C=O) groups is 2. The summed E-state index contributed by atoms with van der Waals surface area (Å²) in [5.41, 5.74) is 5.60. The van der Waals surface area contributed by atoms with E-state index in [2.05, 4.69) is 26.3 Å². The lowest BCUT2D eigenvalue weighted by Gasteiger charge is -2.23. The summed E-state index contributed by atoms with van der Waals surface area (Å²) in [6.45, 7) is -0.106. The molecule has 0 radical (unpaired) electrons. The van der Waals surface area contributed by atoms with Crippen molar-refractivity contribution in [3.63, 3.8) is 0 Å². The molecule has 1 heterocycles. The van der Waals surface area contributed by atoms with Gasteiger partial charge >= 0.3 is 0 Å². The monoisotopic (exact) mass is 300 g/mol. The molecule has 1 saturated carbocycles. The Hall–Kier alpha value is -2.77. The topological polar surface area (TPSA) is 102 Å². The second-order valence-electron chi connectivity index (χ2n) is 5.17. The van der Waals surface area contributed by atoms with Crippen LogP contribution in [-0.4, -0.2) is 32.0 Å². The molecule has 1 aromatic heterocycles. The standard InChI is InChI=1S/C14H16N6O2/c21-12(15-17-14(22)11-7-4-8-11)9-20-18-13(16-19-20)10-5-2-1-3-6-10/h1-3,5-6,11H,4,7-9H2,(H,15,21)(H,17,22). The normalized spacial score (nSPS) is 14.2. The SMILES string of the molecule is O=C(Cn1nnc(-c2ccccc2)n1)NNC(=O)C1CCC1. The van der Waals surface area contributed by atoms with Gasteiger partial charge in [0.2, 0.25) is 11.7 Å². The Balaban J connectivity index is 1.51. The molecule has 1 fully saturated rings. The minimum atomic E-state index is -0.398. The van der Waals surface area contributed by atoms with Crippen LogP contribution in [0.4, 0.5) is 0 Å². The van der Waals surface area contributed by atoms with E-state index in [1.165, 1.54) is 4.80 Å². The zero-order valence-corrected chi connectivity index (χ0v) is 11.9. The molecule has 2 amide bonds. The average molecular weight is 300 g/mol. The highest BCUT2D eigenvalue weighted by atomic mass is 16.2. The summed E-state index contributed by atoms with van der Waals surface area (Å²) < 4.78 is 0. The molecule has 1 aliphatic rings. The Morgan fingerprint density at radius 3 is 2.64 bits per heavy atom. The van der Waals surface area contributed by atoms with Gasteiger partial charge in [0.1, 0.15) is 6.54 Å². The van der Waals surface area contributed by atoms with Crippen molar-refractivity contribution in [2.24, 2.45) is 5.92 Å². The predicted molar refractivity (Wildman–Crippen MR) is 76.9 cm³/mol. The van der Waals surface area contributed by atoms with Crippen molar-refractivity contribution in [1.82, 2.24) is 31.1 Å². The van der Waals surface area contributed by atoms with Crippen LogP contribution in [0.15, 0.2) is 30.3 Å². The molecule has 2 aromatic rings. The van der Waals surface area contributed by atoms with Gasteiger partial charge in [0.15, 0.2) is 0 Å². The largest absolute Gasteiger partial charge is 0.273 e. The minimum Gasteiger partial charge on any atom is -0.273 e. The summed E-state index contributed by atoms with van der Waals surface area (Å²) >= 11 is 0. The predicted octanol–water partition coefficient (Wildman–Crippen LogP) is 0.288. The van der Waals surface area contributed by atoms with Crippen molar-refractivity contribution in [1.29, 1.82) is 0 Å². The maximum Gasteiger partial charge on any atom is 0.262 e. The zero-order chi connectivity index (χ0) is 15.4. The zero-order valence-electron chi connectivity index (χ0n) is 11.9. The highest BCUT2D eigenvalue weighted by Gasteiger charge is 2.25. The molecule has 0 bridgehead atoms. The van der Waals surface area contributed by atoms with E-state index < -0.39 is 5.91 Å². The van der Waals surface area contributed by atoms with Crippen molar-refractivity contribution >= 4 is 11.8 Å². The smallest absolute Gasteiger partial charge is 0.262 e. The second-order valence-corrected chi connectivity index (χ2v) is 5.17. The van der Waals surface area contributed by atoms with E-state index in [1.54, 1.807) is 0 Å². The molecule has 2 N–H and O–H groups in total. The molecule has 3 rings (SSSR count). The van der Waals surface area contributed by atoms with E-state index >= 15 is 0 Å². The Bertz CT molecular complexity index is 665. The highest BCUT2D eigenvalue weighted by molar-refractivity contribution is 5.83. The average Bonchev–Trinajstić information content (AvgIpc) is 2.93. The fourth-order valence-electron chi connectivity index (χ4n) is 2.08. The van der Waals surface area contributed by atoms with Crippen LogP contribution in [-0.2, 0) is 16.1 Å². The number of amides is 2. The highest BCUT2D eigenvalue weighted by Crippen LogP contribution is 2.25. The number of nitrogens with zero attached hydrogens (tertiary/aromatic N) is 4. The van der Waals surface area contributed by atoms with Crippen molar-refractivity contribution in [2.45, 2.75) is 25.8 Å². The van der Waals surface area contributed by atoms with Crippen molar-refractivity contribution in [2.75, 3.05) is 0 Å². The lowest BCUT2D eigenvalue weighted by atomic mass is 9.85. The molecule has 0 atom stereocenters. The third-order valence-electron chi connectivity index (χ3n) is 3.57. The number of hydrazine groups is 1. The lowest BCUT2D eigenvalue weighted by molar-refractivity contribution is -0.133. The fourth-order valence-corrected chi connectivity index (χ4v) is 2.08. The number of hydrogen-bond donors (Lipinski definition) is 2. The van der Waals surface area contributed by atoms with Crippen LogP contribution in [0.1, 0.15) is 19.3 Å². The maximum atomic E-state index is 11.7. The van der Waals surface area contributed by atoms with Gasteiger partial charge in [-0.25, -0.2) is 0 Å². The number of nitrogens with one attached hydrogen (secondary N) is 2. The molecular weight excluding hydrogens is 284 g/mol. The van der Waals surface area contributed by atoms with Crippen LogP contribution in [0.2, 0.25) is 0 Å². The second kappa shape index (κ2) is 6.33. The van der Waals surface area contributed by atoms with E-state index in [4.69, 9.17) is 0 Å². The van der Waals surface area contributed by atoms with Crippen LogP contribution < -0.4 is 10.9 Å². The molecule has 114 valence electrons. The molecule has 8 nitrogen and oxygen atoms in total. The molecule has 1 aromatic carbocycles. The number of aromatic nitrogens is 4. The molecule has 0 aliphatic heterocycles. The van der Waals surface area contributed by atoms with Crippen LogP contribution in [0, 0.1) is 5.92 Å². The Kier molecular flexibility index (Phi) is 4.08. The van der Waals surface area contributed by atoms with Crippen molar-refractivity contribution in [3.8, 4) is 11.4 Å². The molecule has 22 heavy (non-hydrogen) atoms. The third-order valence-corrected chi connectivity index (χ3v) is 3.57. The Morgan fingerprint density at radius 2 is 1.95 bits per heavy atom. The van der Waals surface area contributed by atoms with Crippen molar-refractivity contribution < 1.29 is 9.59 Å². The lowest BCUT2D eigenvalue weighted by Crippen LogP contribution is -2.47. The first-order chi connectivity index (χ1) is 10.7. The minimum absolute atomic E-state index is 0.0227. The van der Waals surface area contributed by atoms with Gasteiger partial charge in [-0.2, -0.15) is 4.80 Å². The molecule has 0 unspecified atom stereocenters. The molecule has 0 spiro atoms. The third kappa shape index (κ3) is 3.27. The Morgan fingerprint density at radius 1 is 1.18 bits per heavy atom. The number of tetrazole rings is 1. The van der Waals surface area contributed by atoms with Gasteiger partial charge in [-0.15, -0.1) is 10.2 Å². The fraction of sp³-hybridized carbons (Fsp3) is 0.357. The molecule has 8 heteroatoms. The summed E-state index contributed by atoms with van der Waals surface area (Å²) in [6.07, 6.45) is 2.83. The van der Waals surface area contributed by atoms with Gasteiger partial charge in [-0.05, 0) is 18.1 Å². The van der Waals surface area contributed by atoms with Gasteiger partial charge in [-0.1, -0.05) is 36.8 Å². The van der Waals surface area contributed by atoms with Crippen LogP contribution >= 0.6 is 0 Å². The van der Waals surface area contributed by atoms with Gasteiger partial charge < -0.3 is 0 Å². The first kappa shape index (κ1) is 14.2. The van der Waals surface area contributed by atoms with E-state index in [-0.39, 0.29) is 18.4 Å². The van der Waals surface area contributed by atoms with Gasteiger partial charge in [-0.3, -0.25) is 20.4 Å². The summed E-state index contributed by atoms with van der Waals surface area (Å²) in [6, 6.07) is 9.37. The van der Waals surface area contributed by atoms with Gasteiger partial charge in [0.25, 0.3) is 5.91 Å². The number of hydrogen-bond acceptors (Lipinski definition) is 5. The summed E-state index contributed by atoms with van der Waals surface area (Å²) in [7, 11) is 0. The van der Waals surface area contributed by atoms with E-state index in [9.17, 15) is 9.59 Å². The molecule has 1 aliphatic carbocycles. The van der Waals surface area contributed by atoms with E-state index in [1.807, 2.05) is 30.3 Å². The summed E-state index contributed by atoms with van der Waals surface area (Å²) in [4.78, 5) is 24.5. The van der Waals surface area contributed by atoms with Crippen LogP contribution in [0.25, 0.3) is 11.4 Å². The molecule has 0 saturated heterocycles. The number of rotatable bonds is 4. The summed E-state index contributed by atoms with van der Waals surface area (Å²) in [5.74, 6) is -0.0674. The van der Waals surface area contributed by atoms with Gasteiger partial charge in [0.05, 0.1) is 0 Å². The van der Waals surface area contributed by atoms with Crippen LogP contribution in [0.5, 0.6) is 0 Å². The first-order valence-electron chi connectivity index (χ1n) is 7.14. The summed E-state index contributed by atoms with van der Waals surface area (Å²) in [5, 5.41) is 11.9.